The lowest BCUT2D eigenvalue weighted by atomic mass is 10.1. The first-order valence-electron chi connectivity index (χ1n) is 7.22. The molecule has 7 heteroatoms. The van der Waals surface area contributed by atoms with Gasteiger partial charge in [-0.25, -0.2) is 4.79 Å². The van der Waals surface area contributed by atoms with Crippen molar-refractivity contribution in [1.82, 2.24) is 4.37 Å². The van der Waals surface area contributed by atoms with Crippen LogP contribution in [0.4, 0.5) is 10.7 Å². The number of ether oxygens (including phenoxy) is 1. The van der Waals surface area contributed by atoms with E-state index in [4.69, 9.17) is 10.5 Å². The SMILES string of the molecule is Cc1nsc(N)c1C(=O)OCC(=O)Nc1ccc2ccccc2c1. The van der Waals surface area contributed by atoms with Gasteiger partial charge in [0.15, 0.2) is 6.61 Å². The second-order valence-corrected chi connectivity index (χ2v) is 6.00. The molecule has 122 valence electrons. The first-order valence-corrected chi connectivity index (χ1v) is 7.99. The van der Waals surface area contributed by atoms with Gasteiger partial charge in [-0.05, 0) is 41.4 Å². The highest BCUT2D eigenvalue weighted by atomic mass is 32.1. The molecule has 3 N–H and O–H groups in total. The second-order valence-electron chi connectivity index (χ2n) is 5.19. The molecule has 0 fully saturated rings. The Morgan fingerprint density at radius 1 is 1.21 bits per heavy atom. The number of aryl methyl sites for hydroxylation is 1. The number of amides is 1. The molecule has 1 aromatic heterocycles. The van der Waals surface area contributed by atoms with Crippen LogP contribution in [0.25, 0.3) is 10.8 Å². The van der Waals surface area contributed by atoms with E-state index in [2.05, 4.69) is 9.69 Å². The Hall–Kier alpha value is -2.93. The third-order valence-electron chi connectivity index (χ3n) is 3.46. The summed E-state index contributed by atoms with van der Waals surface area (Å²) in [7, 11) is 0. The van der Waals surface area contributed by atoms with Gasteiger partial charge in [0, 0.05) is 5.69 Å². The number of hydrogen-bond donors (Lipinski definition) is 2. The summed E-state index contributed by atoms with van der Waals surface area (Å²) in [5, 5.41) is 5.08. The van der Waals surface area contributed by atoms with Crippen LogP contribution in [0.3, 0.4) is 0 Å². The largest absolute Gasteiger partial charge is 0.452 e. The van der Waals surface area contributed by atoms with Crippen LogP contribution in [0, 0.1) is 6.92 Å². The summed E-state index contributed by atoms with van der Waals surface area (Å²) in [5.74, 6) is -1.06. The Morgan fingerprint density at radius 3 is 2.67 bits per heavy atom. The number of benzene rings is 2. The molecule has 0 aliphatic carbocycles. The summed E-state index contributed by atoms with van der Waals surface area (Å²) in [6.07, 6.45) is 0. The van der Waals surface area contributed by atoms with E-state index in [1.54, 1.807) is 13.0 Å². The number of rotatable bonds is 4. The molecule has 0 bridgehead atoms. The van der Waals surface area contributed by atoms with E-state index in [9.17, 15) is 9.59 Å². The predicted octanol–water partition coefficient (Wildman–Crippen LogP) is 2.98. The number of aromatic nitrogens is 1. The minimum atomic E-state index is -0.646. The van der Waals surface area contributed by atoms with E-state index in [-0.39, 0.29) is 17.2 Å². The van der Waals surface area contributed by atoms with Gasteiger partial charge in [0.05, 0.1) is 5.69 Å². The maximum Gasteiger partial charge on any atom is 0.343 e. The molecule has 2 aromatic carbocycles. The lowest BCUT2D eigenvalue weighted by molar-refractivity contribution is -0.119. The number of nitrogens with one attached hydrogen (secondary N) is 1. The van der Waals surface area contributed by atoms with Crippen molar-refractivity contribution in [3.8, 4) is 0 Å². The van der Waals surface area contributed by atoms with Crippen LogP contribution in [0.5, 0.6) is 0 Å². The van der Waals surface area contributed by atoms with Crippen LogP contribution in [-0.2, 0) is 9.53 Å². The third-order valence-corrected chi connectivity index (χ3v) is 4.23. The summed E-state index contributed by atoms with van der Waals surface area (Å²) >= 11 is 1.02. The quantitative estimate of drug-likeness (QED) is 0.712. The van der Waals surface area contributed by atoms with E-state index >= 15 is 0 Å². The van der Waals surface area contributed by atoms with Gasteiger partial charge >= 0.3 is 5.97 Å². The zero-order valence-electron chi connectivity index (χ0n) is 12.9. The molecule has 0 atom stereocenters. The minimum Gasteiger partial charge on any atom is -0.452 e. The number of fused-ring (bicyclic) bond motifs is 1. The molecule has 0 spiro atoms. The summed E-state index contributed by atoms with van der Waals surface area (Å²) in [4.78, 5) is 23.9. The lowest BCUT2D eigenvalue weighted by Crippen LogP contribution is -2.21. The molecule has 6 nitrogen and oxygen atoms in total. The Labute approximate surface area is 142 Å². The van der Waals surface area contributed by atoms with Gasteiger partial charge in [0.2, 0.25) is 0 Å². The van der Waals surface area contributed by atoms with Crippen molar-refractivity contribution in [2.24, 2.45) is 0 Å². The number of esters is 1. The Bertz CT molecular complexity index is 901. The fraction of sp³-hybridized carbons (Fsp3) is 0.118. The molecule has 1 heterocycles. The molecule has 0 aliphatic heterocycles. The zero-order valence-corrected chi connectivity index (χ0v) is 13.7. The molecular formula is C17H15N3O3S. The number of nitrogens with zero attached hydrogens (tertiary/aromatic N) is 1. The van der Waals surface area contributed by atoms with Gasteiger partial charge in [-0.15, -0.1) is 0 Å². The van der Waals surface area contributed by atoms with Crippen molar-refractivity contribution in [3.05, 3.63) is 53.7 Å². The van der Waals surface area contributed by atoms with Gasteiger partial charge in [0.25, 0.3) is 5.91 Å². The minimum absolute atomic E-state index is 0.221. The lowest BCUT2D eigenvalue weighted by Gasteiger charge is -2.08. The Kier molecular flexibility index (Phi) is 4.43. The van der Waals surface area contributed by atoms with E-state index in [1.807, 2.05) is 36.4 Å². The van der Waals surface area contributed by atoms with Gasteiger partial charge in [0.1, 0.15) is 10.6 Å². The molecule has 3 aromatic rings. The van der Waals surface area contributed by atoms with E-state index in [0.29, 0.717) is 11.4 Å². The predicted molar refractivity (Wildman–Crippen MR) is 94.1 cm³/mol. The second kappa shape index (κ2) is 6.67. The number of anilines is 2. The first-order chi connectivity index (χ1) is 11.5. The van der Waals surface area contributed by atoms with Gasteiger partial charge in [-0.1, -0.05) is 30.3 Å². The number of hydrogen-bond acceptors (Lipinski definition) is 6. The first kappa shape index (κ1) is 15.9. The maximum absolute atomic E-state index is 12.0. The van der Waals surface area contributed by atoms with Crippen LogP contribution in [-0.4, -0.2) is 22.9 Å². The third kappa shape index (κ3) is 3.36. The van der Waals surface area contributed by atoms with Crippen molar-refractivity contribution >= 4 is 44.9 Å². The van der Waals surface area contributed by atoms with Gasteiger partial charge in [-0.2, -0.15) is 4.37 Å². The Morgan fingerprint density at radius 2 is 1.96 bits per heavy atom. The fourth-order valence-corrected chi connectivity index (χ4v) is 2.95. The molecule has 24 heavy (non-hydrogen) atoms. The van der Waals surface area contributed by atoms with Crippen LogP contribution in [0.1, 0.15) is 16.1 Å². The van der Waals surface area contributed by atoms with Crippen LogP contribution < -0.4 is 11.1 Å². The smallest absolute Gasteiger partial charge is 0.343 e. The monoisotopic (exact) mass is 341 g/mol. The highest BCUT2D eigenvalue weighted by Gasteiger charge is 2.19. The van der Waals surface area contributed by atoms with Crippen LogP contribution in [0.15, 0.2) is 42.5 Å². The molecule has 0 unspecified atom stereocenters. The number of nitrogen functional groups attached to an aromatic ring is 1. The summed E-state index contributed by atoms with van der Waals surface area (Å²) in [5.41, 5.74) is 7.04. The highest BCUT2D eigenvalue weighted by Crippen LogP contribution is 2.22. The molecule has 0 saturated heterocycles. The topological polar surface area (TPSA) is 94.3 Å². The maximum atomic E-state index is 12.0. The van der Waals surface area contributed by atoms with E-state index in [0.717, 1.165) is 22.3 Å². The van der Waals surface area contributed by atoms with Gasteiger partial charge in [-0.3, -0.25) is 4.79 Å². The normalized spacial score (nSPS) is 10.5. The average molecular weight is 341 g/mol. The molecular weight excluding hydrogens is 326 g/mol. The van der Waals surface area contributed by atoms with Crippen molar-refractivity contribution in [2.75, 3.05) is 17.7 Å². The zero-order chi connectivity index (χ0) is 17.1. The van der Waals surface area contributed by atoms with Crippen molar-refractivity contribution < 1.29 is 14.3 Å². The number of carbonyl (C=O) groups is 2. The van der Waals surface area contributed by atoms with Crippen molar-refractivity contribution in [1.29, 1.82) is 0 Å². The molecule has 0 saturated carbocycles. The summed E-state index contributed by atoms with van der Waals surface area (Å²) in [6, 6.07) is 13.4. The number of carbonyl (C=O) groups excluding carboxylic acids is 2. The van der Waals surface area contributed by atoms with E-state index in [1.165, 1.54) is 0 Å². The standard InChI is InChI=1S/C17H15N3O3S/c1-10-15(16(18)24-20-10)17(22)23-9-14(21)19-13-7-6-11-4-2-3-5-12(11)8-13/h2-8H,9,18H2,1H3,(H,19,21). The summed E-state index contributed by atoms with van der Waals surface area (Å²) < 4.78 is 8.98. The molecule has 1 amide bonds. The molecule has 0 radical (unpaired) electrons. The van der Waals surface area contributed by atoms with Crippen molar-refractivity contribution in [3.63, 3.8) is 0 Å². The highest BCUT2D eigenvalue weighted by molar-refractivity contribution is 7.10. The van der Waals surface area contributed by atoms with Crippen molar-refractivity contribution in [2.45, 2.75) is 6.92 Å². The van der Waals surface area contributed by atoms with Gasteiger partial charge < -0.3 is 15.8 Å². The fourth-order valence-electron chi connectivity index (χ4n) is 2.30. The molecule has 0 aliphatic rings. The number of nitrogens with two attached hydrogens (primary N) is 1. The van der Waals surface area contributed by atoms with E-state index < -0.39 is 11.9 Å². The molecule has 3 rings (SSSR count). The van der Waals surface area contributed by atoms with Crippen LogP contribution >= 0.6 is 11.5 Å². The Balaban J connectivity index is 1.62. The average Bonchev–Trinajstić information content (AvgIpc) is 2.91. The van der Waals surface area contributed by atoms with Crippen LogP contribution in [0.2, 0.25) is 0 Å². The summed E-state index contributed by atoms with van der Waals surface area (Å²) in [6.45, 7) is 1.28.